The number of carbonyl (C=O) groups excluding carboxylic acids is 1. The van der Waals surface area contributed by atoms with E-state index < -0.39 is 11.7 Å². The Morgan fingerprint density at radius 2 is 1.95 bits per heavy atom. The molecule has 2 atom stereocenters. The summed E-state index contributed by atoms with van der Waals surface area (Å²) in [4.78, 5) is 11.8. The van der Waals surface area contributed by atoms with Crippen LogP contribution < -0.4 is 16.2 Å². The average molecular weight is 309 g/mol. The third-order valence-electron chi connectivity index (χ3n) is 3.84. The lowest BCUT2D eigenvalue weighted by molar-refractivity contribution is 0.0939. The minimum Gasteiger partial charge on any atom is -0.358 e. The van der Waals surface area contributed by atoms with E-state index >= 15 is 0 Å². The molecule has 0 heterocycles. The Morgan fingerprint density at radius 3 is 2.67 bits per heavy atom. The third kappa shape index (κ3) is 4.39. The van der Waals surface area contributed by atoms with Gasteiger partial charge in [-0.3, -0.25) is 15.6 Å². The fourth-order valence-electron chi connectivity index (χ4n) is 2.56. The van der Waals surface area contributed by atoms with Gasteiger partial charge in [0.15, 0.2) is 5.11 Å². The van der Waals surface area contributed by atoms with E-state index in [1.807, 2.05) is 0 Å². The topological polar surface area (TPSA) is 53.2 Å². The lowest BCUT2D eigenvalue weighted by atomic mass is 9.86. The molecular weight excluding hydrogens is 289 g/mol. The molecule has 1 saturated carbocycles. The quantitative estimate of drug-likeness (QED) is 0.580. The number of carbonyl (C=O) groups is 1. The maximum absolute atomic E-state index is 13.5. The van der Waals surface area contributed by atoms with Crippen LogP contribution >= 0.6 is 12.2 Å². The summed E-state index contributed by atoms with van der Waals surface area (Å²) in [6, 6.07) is 6.14. The molecule has 4 nitrogen and oxygen atoms in total. The maximum atomic E-state index is 13.5. The van der Waals surface area contributed by atoms with Crippen LogP contribution in [0.15, 0.2) is 24.3 Å². The first kappa shape index (κ1) is 15.7. The lowest BCUT2D eigenvalue weighted by Crippen LogP contribution is -2.51. The molecule has 2 rings (SSSR count). The van der Waals surface area contributed by atoms with Crippen LogP contribution in [0, 0.1) is 11.7 Å². The Bertz CT molecular complexity index is 523. The van der Waals surface area contributed by atoms with Gasteiger partial charge in [-0.15, -0.1) is 0 Å². The number of halogens is 1. The summed E-state index contributed by atoms with van der Waals surface area (Å²) in [5.74, 6) is -0.550. The van der Waals surface area contributed by atoms with Crippen molar-refractivity contribution in [3.05, 3.63) is 35.6 Å². The predicted octanol–water partition coefficient (Wildman–Crippen LogP) is 2.51. The van der Waals surface area contributed by atoms with E-state index in [1.54, 1.807) is 6.07 Å². The van der Waals surface area contributed by atoms with E-state index in [0.29, 0.717) is 17.1 Å². The molecule has 1 fully saturated rings. The standard InChI is InChI=1S/C15H20FN3OS/c1-10-6-2-5-9-13(10)17-15(21)19-18-14(20)11-7-3-4-8-12(11)16/h3-4,7-8,10,13H,2,5-6,9H2,1H3,(H,18,20)(H2,17,19,21)/t10-,13-/m0/s1. The van der Waals surface area contributed by atoms with E-state index in [4.69, 9.17) is 12.2 Å². The average Bonchev–Trinajstić information content (AvgIpc) is 2.48. The SMILES string of the molecule is C[C@H]1CCCC[C@@H]1NC(=S)NNC(=O)c1ccccc1F. The molecule has 6 heteroatoms. The molecule has 0 aliphatic heterocycles. The van der Waals surface area contributed by atoms with Crippen molar-refractivity contribution in [3.63, 3.8) is 0 Å². The number of nitrogens with one attached hydrogen (secondary N) is 3. The normalized spacial score (nSPS) is 21.4. The highest BCUT2D eigenvalue weighted by Crippen LogP contribution is 2.23. The first-order valence-corrected chi connectivity index (χ1v) is 7.60. The Labute approximate surface area is 129 Å². The van der Waals surface area contributed by atoms with Crippen molar-refractivity contribution in [2.24, 2.45) is 5.92 Å². The molecule has 0 bridgehead atoms. The monoisotopic (exact) mass is 309 g/mol. The van der Waals surface area contributed by atoms with E-state index in [2.05, 4.69) is 23.1 Å². The van der Waals surface area contributed by atoms with Crippen LogP contribution in [0.1, 0.15) is 43.0 Å². The van der Waals surface area contributed by atoms with E-state index in [9.17, 15) is 9.18 Å². The van der Waals surface area contributed by atoms with Gasteiger partial charge in [0.2, 0.25) is 0 Å². The lowest BCUT2D eigenvalue weighted by Gasteiger charge is -2.30. The number of hydrogen-bond donors (Lipinski definition) is 3. The highest BCUT2D eigenvalue weighted by molar-refractivity contribution is 7.80. The van der Waals surface area contributed by atoms with Crippen LogP contribution in [0.3, 0.4) is 0 Å². The zero-order valence-electron chi connectivity index (χ0n) is 12.0. The molecular formula is C15H20FN3OS. The molecule has 1 aliphatic carbocycles. The van der Waals surface area contributed by atoms with Gasteiger partial charge in [0.1, 0.15) is 5.82 Å². The molecule has 3 N–H and O–H groups in total. The number of amides is 1. The molecule has 0 radical (unpaired) electrons. The Balaban J connectivity index is 1.81. The molecule has 1 aromatic rings. The van der Waals surface area contributed by atoms with Gasteiger partial charge in [-0.2, -0.15) is 0 Å². The van der Waals surface area contributed by atoms with Gasteiger partial charge >= 0.3 is 0 Å². The largest absolute Gasteiger partial charge is 0.358 e. The summed E-state index contributed by atoms with van der Waals surface area (Å²) < 4.78 is 13.5. The molecule has 0 saturated heterocycles. The summed E-state index contributed by atoms with van der Waals surface area (Å²) in [7, 11) is 0. The van der Waals surface area contributed by atoms with Gasteiger partial charge in [0.05, 0.1) is 5.56 Å². The van der Waals surface area contributed by atoms with Crippen LogP contribution in [0.25, 0.3) is 0 Å². The van der Waals surface area contributed by atoms with Crippen LogP contribution in [0.5, 0.6) is 0 Å². The van der Waals surface area contributed by atoms with Crippen molar-refractivity contribution in [1.29, 1.82) is 0 Å². The summed E-state index contributed by atoms with van der Waals surface area (Å²) in [6.07, 6.45) is 4.70. The Morgan fingerprint density at radius 1 is 1.24 bits per heavy atom. The van der Waals surface area contributed by atoms with Gasteiger partial charge in [-0.25, -0.2) is 4.39 Å². The second-order valence-corrected chi connectivity index (χ2v) is 5.81. The van der Waals surface area contributed by atoms with Crippen LogP contribution in [-0.2, 0) is 0 Å². The molecule has 21 heavy (non-hydrogen) atoms. The molecule has 0 aromatic heterocycles. The number of hydrazine groups is 1. The van der Waals surface area contributed by atoms with Crippen molar-refractivity contribution < 1.29 is 9.18 Å². The van der Waals surface area contributed by atoms with Gasteiger partial charge in [-0.05, 0) is 43.1 Å². The molecule has 0 unspecified atom stereocenters. The van der Waals surface area contributed by atoms with E-state index in [1.165, 1.54) is 37.5 Å². The minimum atomic E-state index is -0.559. The number of benzene rings is 1. The minimum absolute atomic E-state index is 0.0150. The van der Waals surface area contributed by atoms with Crippen LogP contribution in [-0.4, -0.2) is 17.1 Å². The third-order valence-corrected chi connectivity index (χ3v) is 4.06. The number of thiocarbonyl (C=S) groups is 1. The van der Waals surface area contributed by atoms with Crippen molar-refractivity contribution in [2.75, 3.05) is 0 Å². The molecule has 114 valence electrons. The van der Waals surface area contributed by atoms with Crippen LogP contribution in [0.2, 0.25) is 0 Å². The molecule has 0 spiro atoms. The fraction of sp³-hybridized carbons (Fsp3) is 0.467. The summed E-state index contributed by atoms with van der Waals surface area (Å²) in [5, 5.41) is 3.56. The van der Waals surface area contributed by atoms with Crippen molar-refractivity contribution in [1.82, 2.24) is 16.2 Å². The van der Waals surface area contributed by atoms with Gasteiger partial charge in [0.25, 0.3) is 5.91 Å². The van der Waals surface area contributed by atoms with Gasteiger partial charge in [0, 0.05) is 6.04 Å². The Hall–Kier alpha value is -1.69. The second kappa shape index (κ2) is 7.36. The van der Waals surface area contributed by atoms with Crippen molar-refractivity contribution in [2.45, 2.75) is 38.6 Å². The number of hydrogen-bond acceptors (Lipinski definition) is 2. The maximum Gasteiger partial charge on any atom is 0.272 e. The zero-order valence-corrected chi connectivity index (χ0v) is 12.8. The zero-order chi connectivity index (χ0) is 15.2. The van der Waals surface area contributed by atoms with Crippen molar-refractivity contribution in [3.8, 4) is 0 Å². The van der Waals surface area contributed by atoms with Gasteiger partial charge in [-0.1, -0.05) is 31.9 Å². The van der Waals surface area contributed by atoms with E-state index in [0.717, 1.165) is 6.42 Å². The number of rotatable bonds is 2. The summed E-state index contributed by atoms with van der Waals surface area (Å²) >= 11 is 5.16. The Kier molecular flexibility index (Phi) is 5.50. The van der Waals surface area contributed by atoms with Crippen LogP contribution in [0.4, 0.5) is 4.39 Å². The summed E-state index contributed by atoms with van der Waals surface area (Å²) in [5.41, 5.74) is 5.03. The smallest absolute Gasteiger partial charge is 0.272 e. The molecule has 1 aromatic carbocycles. The van der Waals surface area contributed by atoms with Crippen molar-refractivity contribution >= 4 is 23.2 Å². The van der Waals surface area contributed by atoms with E-state index in [-0.39, 0.29) is 5.56 Å². The first-order chi connectivity index (χ1) is 10.1. The van der Waals surface area contributed by atoms with Gasteiger partial charge < -0.3 is 5.32 Å². The highest BCUT2D eigenvalue weighted by atomic mass is 32.1. The molecule has 1 aliphatic rings. The highest BCUT2D eigenvalue weighted by Gasteiger charge is 2.21. The second-order valence-electron chi connectivity index (χ2n) is 5.40. The first-order valence-electron chi connectivity index (χ1n) is 7.19. The molecule has 1 amide bonds. The summed E-state index contributed by atoms with van der Waals surface area (Å²) in [6.45, 7) is 2.19. The fourth-order valence-corrected chi connectivity index (χ4v) is 2.76. The predicted molar refractivity (Wildman–Crippen MR) is 84.2 cm³/mol.